The standard InChI is InChI=1S/C22H10F6N4O3/c23-13-4-14(24)15(3-12(13)22(26,27)28)32-20(33)11-6-34-18-9(11)2-1-8(17(18)25)10-5-35-21-16(10)19(29)30-7-31-21/h1-7H,(H,32,33)(H2,29,30,31). The number of hydrogen-bond donors (Lipinski definition) is 2. The van der Waals surface area contributed by atoms with Crippen molar-refractivity contribution in [2.45, 2.75) is 6.18 Å². The van der Waals surface area contributed by atoms with Crippen LogP contribution in [0.25, 0.3) is 33.2 Å². The van der Waals surface area contributed by atoms with E-state index in [-0.39, 0.29) is 56.7 Å². The van der Waals surface area contributed by atoms with Crippen molar-refractivity contribution in [3.8, 4) is 11.1 Å². The lowest BCUT2D eigenvalue weighted by molar-refractivity contribution is -0.140. The number of benzene rings is 2. The van der Waals surface area contributed by atoms with Crippen LogP contribution in [0.3, 0.4) is 0 Å². The van der Waals surface area contributed by atoms with Gasteiger partial charge in [0.1, 0.15) is 36.3 Å². The Morgan fingerprint density at radius 2 is 1.74 bits per heavy atom. The van der Waals surface area contributed by atoms with E-state index < -0.39 is 40.8 Å². The molecule has 0 spiro atoms. The fourth-order valence-corrected chi connectivity index (χ4v) is 3.60. The molecule has 0 aliphatic rings. The number of fused-ring (bicyclic) bond motifs is 2. The molecule has 0 radical (unpaired) electrons. The number of aromatic nitrogens is 2. The van der Waals surface area contributed by atoms with Crippen LogP contribution in [0.15, 0.2) is 52.0 Å². The number of nitrogen functional groups attached to an aromatic ring is 1. The fraction of sp³-hybridized carbons (Fsp3) is 0.0455. The summed E-state index contributed by atoms with van der Waals surface area (Å²) in [5, 5.41) is 2.12. The van der Waals surface area contributed by atoms with E-state index in [1.807, 2.05) is 5.32 Å². The summed E-state index contributed by atoms with van der Waals surface area (Å²) in [6, 6.07) is 2.73. The average molecular weight is 492 g/mol. The number of nitrogens with two attached hydrogens (primary N) is 1. The Bertz CT molecular complexity index is 1640. The van der Waals surface area contributed by atoms with Crippen molar-refractivity contribution in [3.63, 3.8) is 0 Å². The number of amides is 1. The number of furan rings is 2. The number of carbonyl (C=O) groups excluding carboxylic acids is 1. The number of halogens is 6. The molecule has 3 aromatic heterocycles. The summed E-state index contributed by atoms with van der Waals surface area (Å²) in [5.41, 5.74) is 2.80. The number of nitrogens with one attached hydrogen (secondary N) is 1. The van der Waals surface area contributed by atoms with Crippen LogP contribution in [-0.2, 0) is 6.18 Å². The number of carbonyl (C=O) groups is 1. The topological polar surface area (TPSA) is 107 Å². The fourth-order valence-electron chi connectivity index (χ4n) is 3.60. The number of nitrogens with zero attached hydrogens (tertiary/aromatic N) is 2. The van der Waals surface area contributed by atoms with E-state index >= 15 is 4.39 Å². The first-order valence-electron chi connectivity index (χ1n) is 9.61. The second-order valence-electron chi connectivity index (χ2n) is 7.31. The summed E-state index contributed by atoms with van der Waals surface area (Å²) < 4.78 is 92.2. The third kappa shape index (κ3) is 3.61. The van der Waals surface area contributed by atoms with Crippen molar-refractivity contribution in [1.82, 2.24) is 9.97 Å². The first-order chi connectivity index (χ1) is 16.6. The Morgan fingerprint density at radius 3 is 2.49 bits per heavy atom. The van der Waals surface area contributed by atoms with E-state index in [0.717, 1.165) is 6.26 Å². The maximum absolute atomic E-state index is 15.3. The Morgan fingerprint density at radius 1 is 0.971 bits per heavy atom. The lowest BCUT2D eigenvalue weighted by Gasteiger charge is -2.12. The van der Waals surface area contributed by atoms with Crippen LogP contribution in [0.1, 0.15) is 15.9 Å². The molecule has 5 rings (SSSR count). The Hall–Kier alpha value is -4.55. The molecule has 1 amide bonds. The molecule has 0 saturated carbocycles. The summed E-state index contributed by atoms with van der Waals surface area (Å²) in [7, 11) is 0. The van der Waals surface area contributed by atoms with Gasteiger partial charge in [-0.3, -0.25) is 4.79 Å². The molecule has 0 aliphatic carbocycles. The van der Waals surface area contributed by atoms with Crippen LogP contribution in [-0.4, -0.2) is 15.9 Å². The molecule has 7 nitrogen and oxygen atoms in total. The van der Waals surface area contributed by atoms with E-state index in [4.69, 9.17) is 14.6 Å². The molecule has 5 aromatic rings. The van der Waals surface area contributed by atoms with Gasteiger partial charge >= 0.3 is 6.18 Å². The summed E-state index contributed by atoms with van der Waals surface area (Å²) in [6.45, 7) is 0. The monoisotopic (exact) mass is 492 g/mol. The first-order valence-corrected chi connectivity index (χ1v) is 9.61. The average Bonchev–Trinajstić information content (AvgIpc) is 3.41. The number of hydrogen-bond acceptors (Lipinski definition) is 6. The molecule has 0 fully saturated rings. The smallest absolute Gasteiger partial charge is 0.419 e. The quantitative estimate of drug-likeness (QED) is 0.304. The van der Waals surface area contributed by atoms with Crippen LogP contribution >= 0.6 is 0 Å². The SMILES string of the molecule is Nc1ncnc2occ(-c3ccc4c(C(=O)Nc5cc(C(F)(F)F)c(F)cc5F)coc4c3F)c12. The largest absolute Gasteiger partial charge is 0.460 e. The van der Waals surface area contributed by atoms with Gasteiger partial charge in [-0.15, -0.1) is 0 Å². The third-order valence-corrected chi connectivity index (χ3v) is 5.23. The summed E-state index contributed by atoms with van der Waals surface area (Å²) in [5.74, 6) is -5.25. The molecule has 0 unspecified atom stereocenters. The second kappa shape index (κ2) is 7.75. The number of rotatable bonds is 3. The predicted octanol–water partition coefficient (Wildman–Crippen LogP) is 5.91. The molecule has 178 valence electrons. The molecule has 3 N–H and O–H groups in total. The van der Waals surface area contributed by atoms with E-state index in [1.165, 1.54) is 24.7 Å². The molecule has 0 atom stereocenters. The van der Waals surface area contributed by atoms with Crippen LogP contribution < -0.4 is 11.1 Å². The predicted molar refractivity (Wildman–Crippen MR) is 111 cm³/mol. The van der Waals surface area contributed by atoms with Crippen molar-refractivity contribution >= 4 is 39.5 Å². The van der Waals surface area contributed by atoms with E-state index in [2.05, 4.69) is 9.97 Å². The van der Waals surface area contributed by atoms with Crippen LogP contribution in [0, 0.1) is 17.5 Å². The van der Waals surface area contributed by atoms with Gasteiger partial charge in [0.05, 0.1) is 22.2 Å². The zero-order valence-corrected chi connectivity index (χ0v) is 17.0. The molecule has 35 heavy (non-hydrogen) atoms. The summed E-state index contributed by atoms with van der Waals surface area (Å²) in [4.78, 5) is 20.4. The minimum absolute atomic E-state index is 0.00249. The Balaban J connectivity index is 1.54. The van der Waals surface area contributed by atoms with Crippen LogP contribution in [0.2, 0.25) is 0 Å². The molecule has 3 heterocycles. The van der Waals surface area contributed by atoms with Crippen molar-refractivity contribution in [2.75, 3.05) is 11.1 Å². The van der Waals surface area contributed by atoms with Crippen molar-refractivity contribution < 1.29 is 40.0 Å². The second-order valence-corrected chi connectivity index (χ2v) is 7.31. The minimum atomic E-state index is -5.12. The molecular formula is C22H10F6N4O3. The van der Waals surface area contributed by atoms with E-state index in [0.29, 0.717) is 0 Å². The lowest BCUT2D eigenvalue weighted by Crippen LogP contribution is -2.15. The van der Waals surface area contributed by atoms with Gasteiger partial charge in [-0.25, -0.2) is 23.1 Å². The first kappa shape index (κ1) is 22.3. The van der Waals surface area contributed by atoms with Gasteiger partial charge < -0.3 is 19.9 Å². The van der Waals surface area contributed by atoms with Gasteiger partial charge in [-0.1, -0.05) is 6.07 Å². The van der Waals surface area contributed by atoms with E-state index in [1.54, 1.807) is 0 Å². The molecule has 0 aliphatic heterocycles. The minimum Gasteiger partial charge on any atom is -0.460 e. The van der Waals surface area contributed by atoms with Crippen molar-refractivity contribution in [3.05, 3.63) is 71.7 Å². The van der Waals surface area contributed by atoms with Gasteiger partial charge in [-0.05, 0) is 12.1 Å². The van der Waals surface area contributed by atoms with Gasteiger partial charge in [0.2, 0.25) is 5.71 Å². The van der Waals surface area contributed by atoms with Gasteiger partial charge in [0.15, 0.2) is 11.4 Å². The summed E-state index contributed by atoms with van der Waals surface area (Å²) >= 11 is 0. The molecule has 0 saturated heterocycles. The van der Waals surface area contributed by atoms with Crippen molar-refractivity contribution in [1.29, 1.82) is 0 Å². The highest BCUT2D eigenvalue weighted by Crippen LogP contribution is 2.38. The zero-order valence-electron chi connectivity index (χ0n) is 17.0. The lowest BCUT2D eigenvalue weighted by atomic mass is 10.0. The van der Waals surface area contributed by atoms with Crippen molar-refractivity contribution in [2.24, 2.45) is 0 Å². The Kier molecular flexibility index (Phi) is 4.93. The highest BCUT2D eigenvalue weighted by molar-refractivity contribution is 6.13. The normalized spacial score (nSPS) is 11.9. The maximum Gasteiger partial charge on any atom is 0.419 e. The maximum atomic E-state index is 15.3. The number of alkyl halides is 3. The highest BCUT2D eigenvalue weighted by atomic mass is 19.4. The van der Waals surface area contributed by atoms with Crippen LogP contribution in [0.5, 0.6) is 0 Å². The highest BCUT2D eigenvalue weighted by Gasteiger charge is 2.35. The summed E-state index contributed by atoms with van der Waals surface area (Å²) in [6.07, 6.45) is -1.88. The molecule has 13 heteroatoms. The molecule has 0 bridgehead atoms. The molecule has 2 aromatic carbocycles. The third-order valence-electron chi connectivity index (χ3n) is 5.23. The van der Waals surface area contributed by atoms with Crippen LogP contribution in [0.4, 0.5) is 37.8 Å². The van der Waals surface area contributed by atoms with Gasteiger partial charge in [-0.2, -0.15) is 13.2 Å². The number of anilines is 2. The zero-order chi connectivity index (χ0) is 25.1. The van der Waals surface area contributed by atoms with E-state index in [9.17, 15) is 26.7 Å². The van der Waals surface area contributed by atoms with Gasteiger partial charge in [0.25, 0.3) is 5.91 Å². The van der Waals surface area contributed by atoms with Gasteiger partial charge in [0, 0.05) is 22.6 Å². The Labute approximate surface area is 190 Å². The molecular weight excluding hydrogens is 482 g/mol.